The van der Waals surface area contributed by atoms with Crippen molar-refractivity contribution in [1.82, 2.24) is 19.6 Å². The molecule has 9 nitrogen and oxygen atoms in total. The Hall–Kier alpha value is -3.95. The third-order valence-corrected chi connectivity index (χ3v) is 5.82. The lowest BCUT2D eigenvalue weighted by Gasteiger charge is -2.24. The van der Waals surface area contributed by atoms with E-state index < -0.39 is 23.3 Å². The van der Waals surface area contributed by atoms with Gasteiger partial charge in [-0.05, 0) is 59.7 Å². The summed E-state index contributed by atoms with van der Waals surface area (Å²) >= 11 is 0. The summed E-state index contributed by atoms with van der Waals surface area (Å²) in [5.41, 5.74) is 1.81. The number of esters is 1. The maximum absolute atomic E-state index is 15.1. The Kier molecular flexibility index (Phi) is 6.71. The first kappa shape index (κ1) is 25.2. The number of aromatic nitrogens is 4. The first-order valence-corrected chi connectivity index (χ1v) is 11.6. The highest BCUT2D eigenvalue weighted by atomic mass is 19.1. The normalized spacial score (nSPS) is 12.6. The Labute approximate surface area is 207 Å². The minimum atomic E-state index is -0.917. The zero-order valence-electron chi connectivity index (χ0n) is 21.1. The molecule has 4 aromatic rings. The number of carbonyl (C=O) groups is 2. The van der Waals surface area contributed by atoms with Gasteiger partial charge in [-0.15, -0.1) is 0 Å². The van der Waals surface area contributed by atoms with Gasteiger partial charge in [0.2, 0.25) is 5.88 Å². The average molecular weight is 497 g/mol. The van der Waals surface area contributed by atoms with E-state index in [1.54, 1.807) is 45.2 Å². The smallest absolute Gasteiger partial charge is 0.312 e. The van der Waals surface area contributed by atoms with Gasteiger partial charge in [0.15, 0.2) is 11.6 Å². The topological polar surface area (TPSA) is 108 Å². The van der Waals surface area contributed by atoms with Crippen LogP contribution >= 0.6 is 0 Å². The molecule has 0 radical (unpaired) electrons. The molecule has 1 N–H and O–H groups in total. The predicted octanol–water partition coefficient (Wildman–Crippen LogP) is 5.07. The summed E-state index contributed by atoms with van der Waals surface area (Å²) in [5, 5.41) is 4.64. The van der Waals surface area contributed by atoms with Crippen LogP contribution in [-0.2, 0) is 14.3 Å². The van der Waals surface area contributed by atoms with Gasteiger partial charge in [0.1, 0.15) is 36.1 Å². The van der Waals surface area contributed by atoms with Gasteiger partial charge in [0.25, 0.3) is 0 Å². The van der Waals surface area contributed by atoms with Crippen molar-refractivity contribution in [1.29, 1.82) is 0 Å². The van der Waals surface area contributed by atoms with E-state index in [4.69, 9.17) is 14.2 Å². The third-order valence-electron chi connectivity index (χ3n) is 5.82. The van der Waals surface area contributed by atoms with Crippen molar-refractivity contribution in [2.45, 2.75) is 54.1 Å². The fraction of sp³-hybridized carbons (Fsp3) is 0.385. The van der Waals surface area contributed by atoms with Gasteiger partial charge in [0.05, 0.1) is 11.6 Å². The number of rotatable bonds is 9. The monoisotopic (exact) mass is 496 g/mol. The molecule has 0 aliphatic carbocycles. The van der Waals surface area contributed by atoms with Gasteiger partial charge in [-0.1, -0.05) is 0 Å². The first-order chi connectivity index (χ1) is 17.0. The van der Waals surface area contributed by atoms with E-state index in [0.717, 1.165) is 5.69 Å². The quantitative estimate of drug-likeness (QED) is 0.322. The third kappa shape index (κ3) is 5.02. The van der Waals surface area contributed by atoms with Gasteiger partial charge in [-0.25, -0.2) is 8.91 Å². The highest BCUT2D eigenvalue weighted by molar-refractivity contribution is 5.85. The number of ketones is 1. The van der Waals surface area contributed by atoms with Crippen molar-refractivity contribution in [3.05, 3.63) is 47.8 Å². The number of ether oxygens (including phenoxy) is 3. The lowest BCUT2D eigenvalue weighted by molar-refractivity contribution is -0.161. The molecule has 0 aliphatic heterocycles. The van der Waals surface area contributed by atoms with Gasteiger partial charge in [-0.2, -0.15) is 10.1 Å². The maximum Gasteiger partial charge on any atom is 0.312 e. The lowest BCUT2D eigenvalue weighted by Crippen LogP contribution is -2.33. The Morgan fingerprint density at radius 3 is 2.69 bits per heavy atom. The van der Waals surface area contributed by atoms with E-state index in [1.165, 1.54) is 17.8 Å². The predicted molar refractivity (Wildman–Crippen MR) is 131 cm³/mol. The van der Waals surface area contributed by atoms with Crippen LogP contribution in [0.4, 0.5) is 4.39 Å². The number of aryl methyl sites for hydroxylation is 2. The minimum absolute atomic E-state index is 0.0406. The number of aromatic amines is 1. The zero-order chi connectivity index (χ0) is 26.2. The Balaban J connectivity index is 1.51. The number of halogens is 1. The Morgan fingerprint density at radius 2 is 1.97 bits per heavy atom. The van der Waals surface area contributed by atoms with Crippen LogP contribution in [0, 0.1) is 25.1 Å². The van der Waals surface area contributed by atoms with Crippen LogP contribution < -0.4 is 9.47 Å². The molecule has 36 heavy (non-hydrogen) atoms. The molecule has 0 aliphatic rings. The fourth-order valence-electron chi connectivity index (χ4n) is 4.07. The molecule has 4 rings (SSSR count). The summed E-state index contributed by atoms with van der Waals surface area (Å²) in [5.74, 6) is -0.335. The number of carbonyl (C=O) groups excluding carboxylic acids is 2. The standard InChI is InChI=1S/C26H29FN4O5/c1-14-9-18-19(30-14)7-8-20(22(18)27)36-24-23-17(4)21(11-31(23)29-13-28-24)34-12-16(3)35-25(33)26(5,6)10-15(2)32/h7-9,11,13,16,30H,10,12H2,1-6H3/t16-/m1/s1. The van der Waals surface area contributed by atoms with Crippen molar-refractivity contribution in [3.63, 3.8) is 0 Å². The van der Waals surface area contributed by atoms with Crippen molar-refractivity contribution in [2.24, 2.45) is 5.41 Å². The average Bonchev–Trinajstić information content (AvgIpc) is 3.33. The van der Waals surface area contributed by atoms with E-state index in [0.29, 0.717) is 27.7 Å². The van der Waals surface area contributed by atoms with E-state index in [2.05, 4.69) is 15.1 Å². The molecule has 0 amide bonds. The van der Waals surface area contributed by atoms with E-state index in [-0.39, 0.29) is 30.4 Å². The van der Waals surface area contributed by atoms with Crippen LogP contribution in [0.2, 0.25) is 0 Å². The molecule has 0 fully saturated rings. The maximum atomic E-state index is 15.1. The Bertz CT molecular complexity index is 1460. The molecule has 1 aromatic carbocycles. The van der Waals surface area contributed by atoms with Crippen LogP contribution in [0.15, 0.2) is 30.7 Å². The molecular formula is C26H29FN4O5. The van der Waals surface area contributed by atoms with Crippen LogP contribution in [-0.4, -0.2) is 44.0 Å². The molecule has 3 heterocycles. The molecule has 190 valence electrons. The van der Waals surface area contributed by atoms with Gasteiger partial charge in [-0.3, -0.25) is 9.59 Å². The van der Waals surface area contributed by atoms with Crippen LogP contribution in [0.1, 0.15) is 45.4 Å². The summed E-state index contributed by atoms with van der Waals surface area (Å²) in [6.07, 6.45) is 2.51. The summed E-state index contributed by atoms with van der Waals surface area (Å²) in [6, 6.07) is 5.02. The molecule has 0 saturated heterocycles. The molecule has 1 atom stereocenters. The van der Waals surface area contributed by atoms with Crippen molar-refractivity contribution >= 4 is 28.2 Å². The fourth-order valence-corrected chi connectivity index (χ4v) is 4.07. The molecule has 0 spiro atoms. The van der Waals surface area contributed by atoms with Crippen LogP contribution in [0.3, 0.4) is 0 Å². The number of hydrogen-bond donors (Lipinski definition) is 1. The number of nitrogens with one attached hydrogen (secondary N) is 1. The highest BCUT2D eigenvalue weighted by Gasteiger charge is 2.32. The SMILES string of the molecule is CC(=O)CC(C)(C)C(=O)O[C@H](C)COc1cn2ncnc(Oc3ccc4[nH]c(C)cc4c3F)c2c1C. The lowest BCUT2D eigenvalue weighted by atomic mass is 9.88. The van der Waals surface area contributed by atoms with E-state index in [9.17, 15) is 9.59 Å². The number of Topliss-reactive ketones (excluding diaryl/α,β-unsaturated/α-hetero) is 1. The zero-order valence-corrected chi connectivity index (χ0v) is 21.1. The molecule has 3 aromatic heterocycles. The largest absolute Gasteiger partial charge is 0.488 e. The number of nitrogens with zero attached hydrogens (tertiary/aromatic N) is 3. The molecule has 0 unspecified atom stereocenters. The summed E-state index contributed by atoms with van der Waals surface area (Å²) < 4.78 is 33.9. The summed E-state index contributed by atoms with van der Waals surface area (Å²) in [6.45, 7) is 10.2. The Morgan fingerprint density at radius 1 is 1.22 bits per heavy atom. The summed E-state index contributed by atoms with van der Waals surface area (Å²) in [4.78, 5) is 31.2. The number of fused-ring (bicyclic) bond motifs is 2. The second-order valence-corrected chi connectivity index (χ2v) is 9.66. The van der Waals surface area contributed by atoms with E-state index in [1.807, 2.05) is 13.8 Å². The van der Waals surface area contributed by atoms with Crippen LogP contribution in [0.5, 0.6) is 17.4 Å². The van der Waals surface area contributed by atoms with Gasteiger partial charge in [0, 0.05) is 28.6 Å². The van der Waals surface area contributed by atoms with Crippen molar-refractivity contribution in [2.75, 3.05) is 6.61 Å². The van der Waals surface area contributed by atoms with Gasteiger partial charge >= 0.3 is 5.97 Å². The number of benzene rings is 1. The first-order valence-electron chi connectivity index (χ1n) is 11.6. The van der Waals surface area contributed by atoms with Gasteiger partial charge < -0.3 is 19.2 Å². The number of H-pyrrole nitrogens is 1. The molecular weight excluding hydrogens is 467 g/mol. The molecule has 0 saturated carbocycles. The van der Waals surface area contributed by atoms with Crippen molar-refractivity contribution < 1.29 is 28.2 Å². The second-order valence-electron chi connectivity index (χ2n) is 9.66. The minimum Gasteiger partial charge on any atom is -0.488 e. The van der Waals surface area contributed by atoms with Crippen LogP contribution in [0.25, 0.3) is 16.4 Å². The number of hydrogen-bond acceptors (Lipinski definition) is 7. The van der Waals surface area contributed by atoms with Crippen molar-refractivity contribution in [3.8, 4) is 17.4 Å². The molecule has 0 bridgehead atoms. The second kappa shape index (κ2) is 9.60. The molecule has 10 heteroatoms. The van der Waals surface area contributed by atoms with E-state index >= 15 is 4.39 Å². The highest BCUT2D eigenvalue weighted by Crippen LogP contribution is 2.35. The summed E-state index contributed by atoms with van der Waals surface area (Å²) in [7, 11) is 0.